The number of benzene rings is 2. The Kier molecular flexibility index (Phi) is 5.80. The summed E-state index contributed by atoms with van der Waals surface area (Å²) in [6.07, 6.45) is 1.46. The molecule has 0 radical (unpaired) electrons. The summed E-state index contributed by atoms with van der Waals surface area (Å²) in [5.74, 6) is 0.169. The first-order valence-electron chi connectivity index (χ1n) is 7.69. The van der Waals surface area contributed by atoms with Gasteiger partial charge in [0, 0.05) is 16.9 Å². The molecule has 3 rings (SSSR count). The van der Waals surface area contributed by atoms with Crippen LogP contribution in [-0.4, -0.2) is 21.8 Å². The number of sulfonamides is 2. The van der Waals surface area contributed by atoms with Gasteiger partial charge in [-0.1, -0.05) is 29.3 Å². The van der Waals surface area contributed by atoms with Crippen LogP contribution in [0.3, 0.4) is 0 Å². The summed E-state index contributed by atoms with van der Waals surface area (Å²) in [6, 6.07) is 14.1. The zero-order valence-electron chi connectivity index (χ0n) is 14.0. The third-order valence-corrected chi connectivity index (χ3v) is 6.97. The van der Waals surface area contributed by atoms with Crippen molar-refractivity contribution < 1.29 is 16.8 Å². The van der Waals surface area contributed by atoms with E-state index in [1.165, 1.54) is 54.7 Å². The molecule has 1 heterocycles. The van der Waals surface area contributed by atoms with Crippen molar-refractivity contribution in [2.24, 2.45) is 0 Å². The van der Waals surface area contributed by atoms with Crippen molar-refractivity contribution in [1.29, 1.82) is 0 Å². The van der Waals surface area contributed by atoms with Crippen LogP contribution in [0.5, 0.6) is 0 Å². The first-order chi connectivity index (χ1) is 13.2. The Hall–Kier alpha value is -2.33. The van der Waals surface area contributed by atoms with Crippen LogP contribution in [0.4, 0.5) is 11.5 Å². The highest BCUT2D eigenvalue weighted by molar-refractivity contribution is 7.93. The number of hydrogen-bond donors (Lipinski definition) is 2. The maximum Gasteiger partial charge on any atom is 0.263 e. The Morgan fingerprint density at radius 2 is 1.50 bits per heavy atom. The summed E-state index contributed by atoms with van der Waals surface area (Å²) in [5, 5.41) is 0.225. The SMILES string of the molecule is O=S(=O)(Nc1ccccn1)c1ccc(NS(=O)(=O)c2cc(Cl)ccc2Cl)cc1. The van der Waals surface area contributed by atoms with Gasteiger partial charge >= 0.3 is 0 Å². The van der Waals surface area contributed by atoms with Crippen LogP contribution in [0.25, 0.3) is 0 Å². The lowest BCUT2D eigenvalue weighted by Crippen LogP contribution is -2.15. The molecule has 3 aromatic rings. The van der Waals surface area contributed by atoms with Gasteiger partial charge in [0.25, 0.3) is 20.0 Å². The van der Waals surface area contributed by atoms with E-state index >= 15 is 0 Å². The summed E-state index contributed by atoms with van der Waals surface area (Å²) in [5.41, 5.74) is 0.160. The van der Waals surface area contributed by atoms with Crippen molar-refractivity contribution in [3.8, 4) is 0 Å². The van der Waals surface area contributed by atoms with E-state index in [-0.39, 0.29) is 31.3 Å². The van der Waals surface area contributed by atoms with Gasteiger partial charge in [-0.05, 0) is 54.6 Å². The highest BCUT2D eigenvalue weighted by atomic mass is 35.5. The molecule has 0 unspecified atom stereocenters. The van der Waals surface area contributed by atoms with Crippen molar-refractivity contribution in [2.75, 3.05) is 9.44 Å². The molecule has 0 aliphatic rings. The summed E-state index contributed by atoms with van der Waals surface area (Å²) in [4.78, 5) is 3.66. The van der Waals surface area contributed by atoms with E-state index in [0.717, 1.165) is 0 Å². The Morgan fingerprint density at radius 3 is 2.14 bits per heavy atom. The molecule has 0 bridgehead atoms. The second kappa shape index (κ2) is 7.96. The Labute approximate surface area is 172 Å². The molecule has 0 aliphatic carbocycles. The van der Waals surface area contributed by atoms with Gasteiger partial charge in [-0.15, -0.1) is 0 Å². The maximum atomic E-state index is 12.5. The van der Waals surface area contributed by atoms with Crippen LogP contribution in [-0.2, 0) is 20.0 Å². The standard InChI is InChI=1S/C17H13Cl2N3O4S2/c18-12-4-9-15(19)16(11-12)28(25,26)21-13-5-7-14(8-6-13)27(23,24)22-17-3-1-2-10-20-17/h1-11,21H,(H,20,22). The molecule has 2 aromatic carbocycles. The first kappa shape index (κ1) is 20.4. The zero-order valence-corrected chi connectivity index (χ0v) is 17.1. The number of rotatable bonds is 6. The minimum Gasteiger partial charge on any atom is -0.280 e. The zero-order chi connectivity index (χ0) is 20.4. The first-order valence-corrected chi connectivity index (χ1v) is 11.4. The number of hydrogen-bond acceptors (Lipinski definition) is 5. The molecular formula is C17H13Cl2N3O4S2. The highest BCUT2D eigenvalue weighted by Gasteiger charge is 2.20. The van der Waals surface area contributed by atoms with Gasteiger partial charge < -0.3 is 0 Å². The lowest BCUT2D eigenvalue weighted by Gasteiger charge is -2.11. The van der Waals surface area contributed by atoms with Crippen LogP contribution in [0.1, 0.15) is 0 Å². The lowest BCUT2D eigenvalue weighted by atomic mass is 10.3. The smallest absolute Gasteiger partial charge is 0.263 e. The predicted molar refractivity (Wildman–Crippen MR) is 109 cm³/mol. The third kappa shape index (κ3) is 4.74. The molecule has 1 aromatic heterocycles. The van der Waals surface area contributed by atoms with Gasteiger partial charge in [0.05, 0.1) is 9.92 Å². The van der Waals surface area contributed by atoms with E-state index in [4.69, 9.17) is 23.2 Å². The highest BCUT2D eigenvalue weighted by Crippen LogP contribution is 2.27. The molecule has 0 atom stereocenters. The van der Waals surface area contributed by atoms with Gasteiger partial charge in [0.2, 0.25) is 0 Å². The number of aromatic nitrogens is 1. The molecule has 28 heavy (non-hydrogen) atoms. The largest absolute Gasteiger partial charge is 0.280 e. The fourth-order valence-electron chi connectivity index (χ4n) is 2.22. The Balaban J connectivity index is 1.82. The van der Waals surface area contributed by atoms with E-state index in [9.17, 15) is 16.8 Å². The van der Waals surface area contributed by atoms with Crippen LogP contribution in [0, 0.1) is 0 Å². The van der Waals surface area contributed by atoms with Gasteiger partial charge in [-0.3, -0.25) is 9.44 Å². The molecule has 0 saturated heterocycles. The van der Waals surface area contributed by atoms with Crippen LogP contribution in [0.15, 0.2) is 76.7 Å². The normalized spacial score (nSPS) is 11.8. The van der Waals surface area contributed by atoms with Crippen LogP contribution in [0.2, 0.25) is 10.0 Å². The van der Waals surface area contributed by atoms with Crippen LogP contribution < -0.4 is 9.44 Å². The van der Waals surface area contributed by atoms with Gasteiger partial charge in [0.1, 0.15) is 10.7 Å². The summed E-state index contributed by atoms with van der Waals surface area (Å²) >= 11 is 11.8. The predicted octanol–water partition coefficient (Wildman–Crippen LogP) is 3.99. The molecule has 0 saturated carbocycles. The van der Waals surface area contributed by atoms with Crippen molar-refractivity contribution in [1.82, 2.24) is 4.98 Å². The van der Waals surface area contributed by atoms with E-state index in [1.807, 2.05) is 0 Å². The van der Waals surface area contributed by atoms with Crippen molar-refractivity contribution in [3.05, 3.63) is 76.9 Å². The maximum absolute atomic E-state index is 12.5. The Morgan fingerprint density at radius 1 is 0.786 bits per heavy atom. The van der Waals surface area contributed by atoms with Gasteiger partial charge in [-0.2, -0.15) is 0 Å². The van der Waals surface area contributed by atoms with E-state index < -0.39 is 20.0 Å². The average molecular weight is 458 g/mol. The molecule has 2 N–H and O–H groups in total. The molecule has 7 nitrogen and oxygen atoms in total. The Bertz CT molecular complexity index is 1200. The topological polar surface area (TPSA) is 105 Å². The molecule has 146 valence electrons. The van der Waals surface area contributed by atoms with Gasteiger partial charge in [0.15, 0.2) is 0 Å². The number of nitrogens with one attached hydrogen (secondary N) is 2. The summed E-state index contributed by atoms with van der Waals surface area (Å²) in [7, 11) is -7.87. The molecule has 11 heteroatoms. The van der Waals surface area contributed by atoms with Crippen LogP contribution >= 0.6 is 23.2 Å². The molecular weight excluding hydrogens is 445 g/mol. The van der Waals surface area contributed by atoms with Gasteiger partial charge in [-0.25, -0.2) is 21.8 Å². The minimum atomic E-state index is -4.00. The van der Waals surface area contributed by atoms with Crippen molar-refractivity contribution in [2.45, 2.75) is 9.79 Å². The van der Waals surface area contributed by atoms with E-state index in [1.54, 1.807) is 12.1 Å². The molecule has 0 aliphatic heterocycles. The monoisotopic (exact) mass is 457 g/mol. The second-order valence-electron chi connectivity index (χ2n) is 5.53. The summed E-state index contributed by atoms with van der Waals surface area (Å²) in [6.45, 7) is 0. The molecule has 0 fully saturated rings. The number of pyridine rings is 1. The number of anilines is 2. The second-order valence-corrected chi connectivity index (χ2v) is 9.70. The third-order valence-electron chi connectivity index (χ3n) is 3.50. The molecule has 0 spiro atoms. The number of halogens is 2. The fourth-order valence-corrected chi connectivity index (χ4v) is 5.05. The van der Waals surface area contributed by atoms with E-state index in [0.29, 0.717) is 0 Å². The molecule has 0 amide bonds. The minimum absolute atomic E-state index is 0.00987. The average Bonchev–Trinajstić information content (AvgIpc) is 2.64. The van der Waals surface area contributed by atoms with Crippen molar-refractivity contribution >= 4 is 54.8 Å². The quantitative estimate of drug-likeness (QED) is 0.581. The lowest BCUT2D eigenvalue weighted by molar-refractivity contribution is 0.600. The summed E-state index contributed by atoms with van der Waals surface area (Å²) < 4.78 is 54.4. The van der Waals surface area contributed by atoms with Crippen molar-refractivity contribution in [3.63, 3.8) is 0 Å². The number of nitrogens with zero attached hydrogens (tertiary/aromatic N) is 1. The van der Waals surface area contributed by atoms with E-state index in [2.05, 4.69) is 14.4 Å². The fraction of sp³-hybridized carbons (Fsp3) is 0.